The van der Waals surface area contributed by atoms with Crippen molar-refractivity contribution >= 4 is 29.1 Å². The highest BCUT2D eigenvalue weighted by molar-refractivity contribution is 6.33. The summed E-state index contributed by atoms with van der Waals surface area (Å²) in [5, 5.41) is 7.03. The number of piperidine rings is 2. The molecule has 40 heavy (non-hydrogen) atoms. The van der Waals surface area contributed by atoms with Crippen LogP contribution in [-0.4, -0.2) is 78.2 Å². The van der Waals surface area contributed by atoms with Gasteiger partial charge in [0.05, 0.1) is 23.3 Å². The first-order valence-electron chi connectivity index (χ1n) is 14.7. The molecule has 0 unspecified atom stereocenters. The van der Waals surface area contributed by atoms with Crippen LogP contribution in [0.3, 0.4) is 0 Å². The van der Waals surface area contributed by atoms with Gasteiger partial charge < -0.3 is 25.2 Å². The molecule has 2 aromatic rings. The Morgan fingerprint density at radius 2 is 1.77 bits per heavy atom. The summed E-state index contributed by atoms with van der Waals surface area (Å²) >= 11 is 6.13. The molecule has 1 aliphatic carbocycles. The fraction of sp³-hybridized carbons (Fsp3) is 0.600. The van der Waals surface area contributed by atoms with E-state index >= 15 is 0 Å². The summed E-state index contributed by atoms with van der Waals surface area (Å²) in [6, 6.07) is 6.03. The summed E-state index contributed by atoms with van der Waals surface area (Å²) in [5.41, 5.74) is 1.33. The van der Waals surface area contributed by atoms with E-state index in [1.54, 1.807) is 30.6 Å². The maximum atomic E-state index is 12.9. The minimum Gasteiger partial charge on any atom is -0.490 e. The summed E-state index contributed by atoms with van der Waals surface area (Å²) in [6.45, 7) is 13.9. The predicted molar refractivity (Wildman–Crippen MR) is 155 cm³/mol. The van der Waals surface area contributed by atoms with Crippen LogP contribution in [0.4, 0.5) is 11.6 Å². The predicted octanol–water partition coefficient (Wildman–Crippen LogP) is 4.45. The van der Waals surface area contributed by atoms with Crippen molar-refractivity contribution in [3.63, 3.8) is 0 Å². The maximum absolute atomic E-state index is 12.9. The minimum absolute atomic E-state index is 0.0715. The number of likely N-dealkylation sites (tertiary alicyclic amines) is 1. The summed E-state index contributed by atoms with van der Waals surface area (Å²) < 4.78 is 6.07. The van der Waals surface area contributed by atoms with Gasteiger partial charge in [-0.25, -0.2) is 14.8 Å². The first-order chi connectivity index (χ1) is 19.5. The summed E-state index contributed by atoms with van der Waals surface area (Å²) in [5.74, 6) is 1.28. The van der Waals surface area contributed by atoms with Crippen LogP contribution in [0.5, 0.6) is 5.75 Å². The molecule has 4 heterocycles. The Bertz CT molecular complexity index is 1220. The van der Waals surface area contributed by atoms with E-state index in [1.807, 2.05) is 0 Å². The molecule has 1 saturated carbocycles. The molecule has 1 aromatic carbocycles. The van der Waals surface area contributed by atoms with E-state index in [2.05, 4.69) is 35.2 Å². The molecule has 10 heteroatoms. The summed E-state index contributed by atoms with van der Waals surface area (Å²) in [7, 11) is 0. The molecule has 1 amide bonds. The molecule has 3 aliphatic heterocycles. The van der Waals surface area contributed by atoms with Gasteiger partial charge in [-0.15, -0.1) is 0 Å². The number of anilines is 1. The number of amides is 1. The van der Waals surface area contributed by atoms with E-state index < -0.39 is 0 Å². The Kier molecular flexibility index (Phi) is 8.10. The van der Waals surface area contributed by atoms with Crippen molar-refractivity contribution in [2.24, 2.45) is 5.41 Å². The zero-order valence-electron chi connectivity index (χ0n) is 22.9. The van der Waals surface area contributed by atoms with E-state index in [0.717, 1.165) is 63.9 Å². The van der Waals surface area contributed by atoms with Crippen molar-refractivity contribution in [2.75, 3.05) is 44.2 Å². The number of carbonyl (C=O) groups excluding carboxylic acids is 1. The highest BCUT2D eigenvalue weighted by Gasteiger charge is 2.46. The number of nitrogens with one attached hydrogen (secondary N) is 2. The van der Waals surface area contributed by atoms with Crippen LogP contribution in [0, 0.1) is 12.0 Å². The van der Waals surface area contributed by atoms with Gasteiger partial charge in [-0.3, -0.25) is 4.79 Å². The van der Waals surface area contributed by atoms with Crippen LogP contribution in [0.1, 0.15) is 61.7 Å². The second-order valence-corrected chi connectivity index (χ2v) is 12.3. The second kappa shape index (κ2) is 11.9. The Morgan fingerprint density at radius 1 is 1.07 bits per heavy atom. The standard InChI is InChI=1S/C30H38ClN7O2/c1-32-27-7-6-25(16-26(27)31)40-24-4-2-22(3-5-24)36-28(39)21-17-34-29(35-18-21)38-19-30(20-38)10-14-37(15-11-30)23-8-12-33-13-9-23/h6-7,16-18,22-24,33H,2-5,8-15,19-20H2,(H,36,39). The third-order valence-corrected chi connectivity index (χ3v) is 9.57. The first kappa shape index (κ1) is 27.3. The number of carbonyl (C=O) groups is 1. The first-order valence-corrected chi connectivity index (χ1v) is 15.0. The minimum atomic E-state index is -0.122. The lowest BCUT2D eigenvalue weighted by Gasteiger charge is -2.55. The maximum Gasteiger partial charge on any atom is 0.254 e. The topological polar surface area (TPSA) is 87.0 Å². The molecule has 1 spiro atoms. The monoisotopic (exact) mass is 563 g/mol. The molecule has 3 saturated heterocycles. The summed E-state index contributed by atoms with van der Waals surface area (Å²) in [4.78, 5) is 30.3. The Morgan fingerprint density at radius 3 is 2.42 bits per heavy atom. The van der Waals surface area contributed by atoms with Crippen LogP contribution in [-0.2, 0) is 0 Å². The molecule has 212 valence electrons. The van der Waals surface area contributed by atoms with E-state index in [0.29, 0.717) is 27.4 Å². The fourth-order valence-electron chi connectivity index (χ4n) is 6.80. The van der Waals surface area contributed by atoms with Crippen LogP contribution >= 0.6 is 11.6 Å². The Balaban J connectivity index is 0.929. The normalized spacial score (nSPS) is 25.1. The van der Waals surface area contributed by atoms with Crippen molar-refractivity contribution in [1.29, 1.82) is 0 Å². The number of halogens is 1. The quantitative estimate of drug-likeness (QED) is 0.502. The average molecular weight is 564 g/mol. The number of hydrogen-bond donors (Lipinski definition) is 2. The van der Waals surface area contributed by atoms with Gasteiger partial charge in [0.1, 0.15) is 5.75 Å². The molecule has 1 aromatic heterocycles. The number of nitrogens with zero attached hydrogens (tertiary/aromatic N) is 5. The summed E-state index contributed by atoms with van der Waals surface area (Å²) in [6.07, 6.45) is 11.8. The van der Waals surface area contributed by atoms with E-state index in [9.17, 15) is 4.79 Å². The molecule has 0 radical (unpaired) electrons. The third kappa shape index (κ3) is 6.04. The molecular formula is C30H38ClN7O2. The van der Waals surface area contributed by atoms with Gasteiger partial charge in [0.15, 0.2) is 0 Å². The van der Waals surface area contributed by atoms with Gasteiger partial charge in [0.2, 0.25) is 11.6 Å². The number of ether oxygens (including phenoxy) is 1. The average Bonchev–Trinajstić information content (AvgIpc) is 2.98. The lowest BCUT2D eigenvalue weighted by molar-refractivity contribution is 0.0421. The molecule has 6 rings (SSSR count). The number of aromatic nitrogens is 2. The molecule has 0 atom stereocenters. The van der Waals surface area contributed by atoms with Gasteiger partial charge in [-0.05, 0) is 89.7 Å². The number of hydrogen-bond acceptors (Lipinski definition) is 7. The smallest absolute Gasteiger partial charge is 0.254 e. The van der Waals surface area contributed by atoms with Crippen LogP contribution in [0.25, 0.3) is 4.85 Å². The van der Waals surface area contributed by atoms with Gasteiger partial charge in [-0.1, -0.05) is 17.7 Å². The van der Waals surface area contributed by atoms with E-state index in [1.165, 1.54) is 38.8 Å². The molecule has 2 N–H and O–H groups in total. The molecule has 9 nitrogen and oxygen atoms in total. The lowest BCUT2D eigenvalue weighted by atomic mass is 9.71. The van der Waals surface area contributed by atoms with Crippen LogP contribution < -0.4 is 20.3 Å². The van der Waals surface area contributed by atoms with Gasteiger partial charge in [0, 0.05) is 43.0 Å². The van der Waals surface area contributed by atoms with Gasteiger partial charge in [-0.2, -0.15) is 0 Å². The number of benzene rings is 1. The molecular weight excluding hydrogens is 526 g/mol. The van der Waals surface area contributed by atoms with Gasteiger partial charge >= 0.3 is 0 Å². The third-order valence-electron chi connectivity index (χ3n) is 9.27. The van der Waals surface area contributed by atoms with E-state index in [4.69, 9.17) is 22.9 Å². The van der Waals surface area contributed by atoms with Crippen molar-refractivity contribution < 1.29 is 9.53 Å². The lowest BCUT2D eigenvalue weighted by Crippen LogP contribution is -2.62. The molecule has 4 aliphatic rings. The molecule has 4 fully saturated rings. The fourth-order valence-corrected chi connectivity index (χ4v) is 7.01. The Labute approximate surface area is 241 Å². The van der Waals surface area contributed by atoms with Crippen molar-refractivity contribution in [3.05, 3.63) is 52.6 Å². The van der Waals surface area contributed by atoms with Crippen molar-refractivity contribution in [3.8, 4) is 5.75 Å². The zero-order valence-corrected chi connectivity index (χ0v) is 23.7. The van der Waals surface area contributed by atoms with Crippen LogP contribution in [0.2, 0.25) is 5.02 Å². The Hall–Kier alpha value is -2.93. The van der Waals surface area contributed by atoms with Gasteiger partial charge in [0.25, 0.3) is 5.91 Å². The zero-order chi connectivity index (χ0) is 27.5. The van der Waals surface area contributed by atoms with E-state index in [-0.39, 0.29) is 18.1 Å². The largest absolute Gasteiger partial charge is 0.490 e. The highest BCUT2D eigenvalue weighted by Crippen LogP contribution is 2.42. The SMILES string of the molecule is [C-]#[N+]c1ccc(OC2CCC(NC(=O)c3cnc(N4CC5(CCN(C6CCNCC6)CC5)C4)nc3)CC2)cc1Cl. The molecule has 0 bridgehead atoms. The highest BCUT2D eigenvalue weighted by atomic mass is 35.5. The van der Waals surface area contributed by atoms with Crippen LogP contribution in [0.15, 0.2) is 30.6 Å². The van der Waals surface area contributed by atoms with Crippen molar-refractivity contribution in [2.45, 2.75) is 69.6 Å². The second-order valence-electron chi connectivity index (χ2n) is 11.9. The number of rotatable bonds is 6. The van der Waals surface area contributed by atoms with Crippen molar-refractivity contribution in [1.82, 2.24) is 25.5 Å².